The molecule has 0 saturated carbocycles. The van der Waals surface area contributed by atoms with Crippen LogP contribution in [-0.2, 0) is 19.1 Å². The van der Waals surface area contributed by atoms with Crippen LogP contribution in [0.1, 0.15) is 0 Å². The number of carbonyl (C=O) groups excluding carboxylic acids is 3. The first-order valence-electron chi connectivity index (χ1n) is 14.7. The number of esters is 1. The van der Waals surface area contributed by atoms with Crippen LogP contribution in [0.15, 0.2) is 107 Å². The highest BCUT2D eigenvalue weighted by Gasteiger charge is 2.20. The van der Waals surface area contributed by atoms with E-state index < -0.39 is 46.9 Å². The molecule has 0 unspecified atom stereocenters. The molecule has 14 nitrogen and oxygen atoms in total. The highest BCUT2D eigenvalue weighted by Crippen LogP contribution is 2.32. The molecule has 0 spiro atoms. The van der Waals surface area contributed by atoms with Crippen LogP contribution in [0.25, 0.3) is 0 Å². The van der Waals surface area contributed by atoms with Crippen molar-refractivity contribution in [2.45, 2.75) is 15.9 Å². The van der Waals surface area contributed by atoms with E-state index in [0.29, 0.717) is 21.2 Å². The molecule has 0 heterocycles. The number of halogens is 1. The highest BCUT2D eigenvalue weighted by molar-refractivity contribution is 8.00. The summed E-state index contributed by atoms with van der Waals surface area (Å²) in [6.07, 6.45) is -0.646. The molecule has 4 aromatic carbocycles. The van der Waals surface area contributed by atoms with Gasteiger partial charge < -0.3 is 24.8 Å². The van der Waals surface area contributed by atoms with E-state index in [1.807, 2.05) is 0 Å². The first-order chi connectivity index (χ1) is 24.1. The summed E-state index contributed by atoms with van der Waals surface area (Å²) in [5, 5.41) is 28.0. The molecule has 4 aromatic rings. The number of hydrogen-bond acceptors (Lipinski definition) is 12. The molecule has 50 heavy (non-hydrogen) atoms. The van der Waals surface area contributed by atoms with E-state index in [1.165, 1.54) is 59.9 Å². The van der Waals surface area contributed by atoms with Crippen LogP contribution >= 0.6 is 35.1 Å². The fourth-order valence-electron chi connectivity index (χ4n) is 4.21. The van der Waals surface area contributed by atoms with E-state index >= 15 is 0 Å². The Bertz CT molecular complexity index is 1720. The Kier molecular flexibility index (Phi) is 14.3. The molecule has 17 heteroatoms. The van der Waals surface area contributed by atoms with Crippen LogP contribution < -0.4 is 20.1 Å². The van der Waals surface area contributed by atoms with Gasteiger partial charge in [0.25, 0.3) is 11.8 Å². The van der Waals surface area contributed by atoms with Gasteiger partial charge >= 0.3 is 17.3 Å². The zero-order valence-corrected chi connectivity index (χ0v) is 28.4. The van der Waals surface area contributed by atoms with Crippen molar-refractivity contribution in [3.05, 3.63) is 117 Å². The largest absolute Gasteiger partial charge is 0.477 e. The SMILES string of the molecule is O=C(COc1ccccc1[N+](=O)[O-])Nc1ccccc1SCC(CSc1ccccc1NC(=O)COc1ccccc1[N+](=O)[O-])OC(=O)CCl. The van der Waals surface area contributed by atoms with Crippen LogP contribution in [0, 0.1) is 20.2 Å². The molecular weight excluding hydrogens is 712 g/mol. The number of nitrogens with zero attached hydrogens (tertiary/aromatic N) is 2. The number of alkyl halides is 1. The average molecular weight is 741 g/mol. The first kappa shape index (κ1) is 37.5. The van der Waals surface area contributed by atoms with Crippen molar-refractivity contribution < 1.29 is 38.4 Å². The molecule has 4 rings (SSSR count). The number of thioether (sulfide) groups is 2. The highest BCUT2D eigenvalue weighted by atomic mass is 35.5. The van der Waals surface area contributed by atoms with Gasteiger partial charge in [0, 0.05) is 33.4 Å². The summed E-state index contributed by atoms with van der Waals surface area (Å²) in [7, 11) is 0. The maximum Gasteiger partial charge on any atom is 0.321 e. The second kappa shape index (κ2) is 19.0. The summed E-state index contributed by atoms with van der Waals surface area (Å²) in [5.41, 5.74) is 0.392. The Morgan fingerprint density at radius 1 is 0.660 bits per heavy atom. The number of para-hydroxylation sites is 6. The predicted molar refractivity (Wildman–Crippen MR) is 189 cm³/mol. The van der Waals surface area contributed by atoms with Gasteiger partial charge in [-0.05, 0) is 36.4 Å². The van der Waals surface area contributed by atoms with E-state index in [-0.39, 0.29) is 40.3 Å². The number of nitrogens with one attached hydrogen (secondary N) is 2. The zero-order valence-electron chi connectivity index (χ0n) is 26.0. The monoisotopic (exact) mass is 740 g/mol. The van der Waals surface area contributed by atoms with Gasteiger partial charge in [-0.2, -0.15) is 0 Å². The van der Waals surface area contributed by atoms with Gasteiger partial charge in [0.15, 0.2) is 24.7 Å². The quantitative estimate of drug-likeness (QED) is 0.0367. The van der Waals surface area contributed by atoms with Crippen molar-refractivity contribution in [2.75, 3.05) is 41.2 Å². The predicted octanol–water partition coefficient (Wildman–Crippen LogP) is 6.57. The Balaban J connectivity index is 1.36. The minimum absolute atomic E-state index is 0.0373. The van der Waals surface area contributed by atoms with Crippen molar-refractivity contribution in [1.29, 1.82) is 0 Å². The van der Waals surface area contributed by atoms with Gasteiger partial charge in [-0.1, -0.05) is 48.5 Å². The number of nitro benzene ring substituents is 2. The summed E-state index contributed by atoms with van der Waals surface area (Å²) in [4.78, 5) is 60.2. The molecule has 260 valence electrons. The summed E-state index contributed by atoms with van der Waals surface area (Å²) in [6.45, 7) is -0.935. The fourth-order valence-corrected chi connectivity index (χ4v) is 6.42. The van der Waals surface area contributed by atoms with Crippen LogP contribution in [0.5, 0.6) is 11.5 Å². The van der Waals surface area contributed by atoms with E-state index in [0.717, 1.165) is 0 Å². The van der Waals surface area contributed by atoms with Crippen LogP contribution in [0.2, 0.25) is 0 Å². The lowest BCUT2D eigenvalue weighted by molar-refractivity contribution is -0.386. The molecule has 2 amide bonds. The molecular formula is C33H29ClN4O10S2. The maximum absolute atomic E-state index is 12.7. The van der Waals surface area contributed by atoms with Gasteiger partial charge in [-0.15, -0.1) is 35.1 Å². The van der Waals surface area contributed by atoms with E-state index in [9.17, 15) is 34.6 Å². The molecule has 0 fully saturated rings. The number of hydrogen-bond donors (Lipinski definition) is 2. The van der Waals surface area contributed by atoms with Crippen molar-refractivity contribution >= 4 is 75.7 Å². The fraction of sp³-hybridized carbons (Fsp3) is 0.182. The molecule has 0 atom stereocenters. The molecule has 0 aromatic heterocycles. The minimum Gasteiger partial charge on any atom is -0.477 e. The molecule has 0 saturated heterocycles. The lowest BCUT2D eigenvalue weighted by Crippen LogP contribution is -2.24. The normalized spacial score (nSPS) is 10.6. The standard InChI is InChI=1S/C33H29ClN4O10S2/c34-17-33(41)48-22(20-49-29-15-7-1-9-23(29)35-31(39)18-46-27-13-5-3-11-25(27)37(42)43)21-50-30-16-8-2-10-24(30)36-32(40)19-47-28-14-6-4-12-26(28)38(44)45/h1-16,22H,17-21H2,(H,35,39)(H,36,40). The number of benzene rings is 4. The number of amides is 2. The van der Waals surface area contributed by atoms with E-state index in [4.69, 9.17) is 25.8 Å². The average Bonchev–Trinajstić information content (AvgIpc) is 3.12. The Morgan fingerprint density at radius 3 is 1.48 bits per heavy atom. The number of anilines is 2. The topological polar surface area (TPSA) is 189 Å². The number of carbonyl (C=O) groups is 3. The smallest absolute Gasteiger partial charge is 0.321 e. The summed E-state index contributed by atoms with van der Waals surface area (Å²) < 4.78 is 16.4. The summed E-state index contributed by atoms with van der Waals surface area (Å²) in [5.74, 6) is -1.59. The van der Waals surface area contributed by atoms with E-state index in [1.54, 1.807) is 60.7 Å². The number of ether oxygens (including phenoxy) is 3. The lowest BCUT2D eigenvalue weighted by Gasteiger charge is -2.19. The molecule has 0 radical (unpaired) electrons. The zero-order chi connectivity index (χ0) is 35.9. The molecule has 0 bridgehead atoms. The molecule has 0 aliphatic carbocycles. The Morgan fingerprint density at radius 2 is 1.06 bits per heavy atom. The summed E-state index contributed by atoms with van der Waals surface area (Å²) in [6, 6.07) is 25.4. The second-order valence-corrected chi connectivity index (χ2v) is 12.4. The molecule has 0 aliphatic rings. The van der Waals surface area contributed by atoms with Crippen molar-refractivity contribution in [2.24, 2.45) is 0 Å². The third-order valence-corrected chi connectivity index (χ3v) is 9.05. The first-order valence-corrected chi connectivity index (χ1v) is 17.2. The summed E-state index contributed by atoms with van der Waals surface area (Å²) >= 11 is 8.35. The van der Waals surface area contributed by atoms with Crippen LogP contribution in [0.3, 0.4) is 0 Å². The van der Waals surface area contributed by atoms with Gasteiger partial charge in [0.1, 0.15) is 12.0 Å². The Hall–Kier alpha value is -5.32. The molecule has 0 aliphatic heterocycles. The van der Waals surface area contributed by atoms with Crippen LogP contribution in [0.4, 0.5) is 22.7 Å². The number of nitro groups is 2. The van der Waals surface area contributed by atoms with Crippen LogP contribution in [-0.4, -0.2) is 64.3 Å². The van der Waals surface area contributed by atoms with Gasteiger partial charge in [-0.3, -0.25) is 34.6 Å². The maximum atomic E-state index is 12.7. The van der Waals surface area contributed by atoms with Crippen molar-refractivity contribution in [3.63, 3.8) is 0 Å². The third kappa shape index (κ3) is 11.4. The van der Waals surface area contributed by atoms with Gasteiger partial charge in [0.2, 0.25) is 0 Å². The minimum atomic E-state index is -0.646. The van der Waals surface area contributed by atoms with Crippen molar-refractivity contribution in [3.8, 4) is 11.5 Å². The second-order valence-electron chi connectivity index (χ2n) is 9.98. The molecule has 2 N–H and O–H groups in total. The Labute approximate surface area is 299 Å². The third-order valence-electron chi connectivity index (χ3n) is 6.42. The van der Waals surface area contributed by atoms with Gasteiger partial charge in [-0.25, -0.2) is 0 Å². The number of rotatable bonds is 18. The van der Waals surface area contributed by atoms with Crippen molar-refractivity contribution in [1.82, 2.24) is 0 Å². The van der Waals surface area contributed by atoms with Gasteiger partial charge in [0.05, 0.1) is 21.2 Å². The van der Waals surface area contributed by atoms with E-state index in [2.05, 4.69) is 10.6 Å². The lowest BCUT2D eigenvalue weighted by atomic mass is 10.3.